The minimum absolute atomic E-state index is 0.156. The van der Waals surface area contributed by atoms with Crippen LogP contribution in [0.25, 0.3) is 0 Å². The van der Waals surface area contributed by atoms with Crippen LogP contribution in [-0.2, 0) is 9.15 Å². The molecule has 0 amide bonds. The summed E-state index contributed by atoms with van der Waals surface area (Å²) in [7, 11) is 0.354. The van der Waals surface area contributed by atoms with Crippen molar-refractivity contribution >= 4 is 19.9 Å². The lowest BCUT2D eigenvalue weighted by molar-refractivity contribution is 0.358. The number of hydrogen-bond donors (Lipinski definition) is 1. The Labute approximate surface area is 109 Å². The smallest absolute Gasteiger partial charge is 0.297 e. The van der Waals surface area contributed by atoms with Gasteiger partial charge in [-0.25, -0.2) is 0 Å². The Balaban J connectivity index is 3.79. The molecule has 0 aromatic carbocycles. The van der Waals surface area contributed by atoms with Gasteiger partial charge in [0.25, 0.3) is 0 Å². The Kier molecular flexibility index (Phi) is 9.31. The molecule has 0 rings (SSSR count). The first-order valence-corrected chi connectivity index (χ1v) is 9.02. The van der Waals surface area contributed by atoms with Gasteiger partial charge in [0.05, 0.1) is 5.37 Å². The summed E-state index contributed by atoms with van der Waals surface area (Å²) in [6.45, 7) is 2.19. The van der Waals surface area contributed by atoms with Gasteiger partial charge >= 0.3 is 9.15 Å². The van der Waals surface area contributed by atoms with Crippen LogP contribution in [0.4, 0.5) is 0 Å². The number of unbranched alkanes of at least 4 members (excludes halogenated alkanes) is 5. The maximum Gasteiger partial charge on any atom is 0.321 e. The minimum atomic E-state index is -3.94. The minimum Gasteiger partial charge on any atom is -0.297 e. The van der Waals surface area contributed by atoms with Gasteiger partial charge in [-0.1, -0.05) is 45.4 Å². The van der Waals surface area contributed by atoms with E-state index in [9.17, 15) is 8.42 Å². The van der Waals surface area contributed by atoms with Crippen molar-refractivity contribution in [3.8, 4) is 0 Å². The second-order valence-electron chi connectivity index (χ2n) is 4.50. The van der Waals surface area contributed by atoms with Crippen LogP contribution in [0.3, 0.4) is 0 Å². The third-order valence-electron chi connectivity index (χ3n) is 2.61. The average Bonchev–Trinajstić information content (AvgIpc) is 2.19. The molecule has 1 unspecified atom stereocenters. The van der Waals surface area contributed by atoms with Crippen molar-refractivity contribution < 1.29 is 13.0 Å². The summed E-state index contributed by atoms with van der Waals surface area (Å²) >= 11 is 0. The second kappa shape index (κ2) is 9.19. The van der Waals surface area contributed by atoms with Crippen LogP contribution < -0.4 is 0 Å². The molecule has 0 aromatic heterocycles. The van der Waals surface area contributed by atoms with E-state index in [1.54, 1.807) is 0 Å². The van der Waals surface area contributed by atoms with Crippen molar-refractivity contribution in [1.82, 2.24) is 4.90 Å². The van der Waals surface area contributed by atoms with E-state index in [4.69, 9.17) is 4.55 Å². The molecule has 6 heteroatoms. The van der Waals surface area contributed by atoms with Crippen molar-refractivity contribution in [2.45, 2.75) is 57.2 Å². The molecule has 0 aliphatic heterocycles. The molecule has 0 aromatic rings. The summed E-state index contributed by atoms with van der Waals surface area (Å²) in [6.07, 6.45) is 7.92. The molecule has 4 nitrogen and oxygen atoms in total. The molecule has 1 N–H and O–H groups in total. The van der Waals surface area contributed by atoms with Crippen molar-refractivity contribution in [1.29, 1.82) is 0 Å². The van der Waals surface area contributed by atoms with E-state index in [-0.39, 0.29) is 5.37 Å². The van der Waals surface area contributed by atoms with Crippen LogP contribution in [0, 0.1) is 0 Å². The molecule has 0 saturated heterocycles. The Morgan fingerprint density at radius 2 is 1.65 bits per heavy atom. The van der Waals surface area contributed by atoms with Crippen LogP contribution in [0.5, 0.6) is 0 Å². The zero-order valence-corrected chi connectivity index (χ0v) is 12.7. The summed E-state index contributed by atoms with van der Waals surface area (Å²) < 4.78 is 30.4. The lowest BCUT2D eigenvalue weighted by atomic mass is 10.1. The molecule has 0 radical (unpaired) electrons. The highest BCUT2D eigenvalue weighted by atomic mass is 33.1. The van der Waals surface area contributed by atoms with Gasteiger partial charge in [0.1, 0.15) is 0 Å². The van der Waals surface area contributed by atoms with Gasteiger partial charge in [-0.15, -0.1) is 0 Å². The van der Waals surface area contributed by atoms with E-state index in [2.05, 4.69) is 6.92 Å². The predicted octanol–water partition coefficient (Wildman–Crippen LogP) is 3.16. The fourth-order valence-electron chi connectivity index (χ4n) is 1.63. The highest BCUT2D eigenvalue weighted by Gasteiger charge is 2.19. The monoisotopic (exact) mass is 283 g/mol. The topological polar surface area (TPSA) is 57.6 Å². The maximum absolute atomic E-state index is 10.8. The van der Waals surface area contributed by atoms with Crippen molar-refractivity contribution in [2.24, 2.45) is 0 Å². The molecule has 0 fully saturated rings. The Morgan fingerprint density at radius 1 is 1.12 bits per heavy atom. The van der Waals surface area contributed by atoms with Gasteiger partial charge in [0.2, 0.25) is 0 Å². The molecular weight excluding hydrogens is 258 g/mol. The van der Waals surface area contributed by atoms with Gasteiger partial charge in [0, 0.05) is 10.8 Å². The molecular formula is C11H25NO3S2. The Morgan fingerprint density at radius 3 is 2.12 bits per heavy atom. The van der Waals surface area contributed by atoms with Gasteiger partial charge in [-0.3, -0.25) is 9.45 Å². The van der Waals surface area contributed by atoms with Gasteiger partial charge in [-0.05, 0) is 20.5 Å². The molecule has 1 atom stereocenters. The van der Waals surface area contributed by atoms with Crippen molar-refractivity contribution in [3.63, 3.8) is 0 Å². The summed E-state index contributed by atoms with van der Waals surface area (Å²) in [6, 6.07) is 0. The van der Waals surface area contributed by atoms with E-state index in [0.29, 0.717) is 10.8 Å². The van der Waals surface area contributed by atoms with Gasteiger partial charge < -0.3 is 0 Å². The number of rotatable bonds is 10. The predicted molar refractivity (Wildman–Crippen MR) is 74.6 cm³/mol. The molecule has 17 heavy (non-hydrogen) atoms. The molecule has 0 aliphatic rings. The summed E-state index contributed by atoms with van der Waals surface area (Å²) in [4.78, 5) is 1.84. The van der Waals surface area contributed by atoms with E-state index in [0.717, 1.165) is 19.3 Å². The van der Waals surface area contributed by atoms with E-state index >= 15 is 0 Å². The SMILES string of the molecule is CCCCCCCCC(SS(=O)(=O)O)N(C)C. The first kappa shape index (κ1) is 17.2. The molecule has 0 heterocycles. The Bertz CT molecular complexity index is 278. The van der Waals surface area contributed by atoms with E-state index < -0.39 is 9.15 Å². The summed E-state index contributed by atoms with van der Waals surface area (Å²) in [5.41, 5.74) is 0. The lowest BCUT2D eigenvalue weighted by Gasteiger charge is -2.21. The van der Waals surface area contributed by atoms with Gasteiger partial charge in [-0.2, -0.15) is 8.42 Å². The molecule has 104 valence electrons. The highest BCUT2D eigenvalue weighted by molar-refractivity contribution is 8.70. The lowest BCUT2D eigenvalue weighted by Crippen LogP contribution is -2.26. The molecule has 0 bridgehead atoms. The molecule has 0 aliphatic carbocycles. The first-order chi connectivity index (χ1) is 7.87. The number of hydrogen-bond acceptors (Lipinski definition) is 4. The van der Waals surface area contributed by atoms with E-state index in [1.165, 1.54) is 25.7 Å². The zero-order chi connectivity index (χ0) is 13.3. The van der Waals surface area contributed by atoms with Crippen LogP contribution in [0.2, 0.25) is 0 Å². The average molecular weight is 283 g/mol. The Hall–Kier alpha value is 0.220. The fourth-order valence-corrected chi connectivity index (χ4v) is 4.00. The van der Waals surface area contributed by atoms with E-state index in [1.807, 2.05) is 19.0 Å². The van der Waals surface area contributed by atoms with Crippen LogP contribution >= 0.6 is 10.8 Å². The largest absolute Gasteiger partial charge is 0.321 e. The quantitative estimate of drug-likeness (QED) is 0.289. The third-order valence-corrected chi connectivity index (χ3v) is 5.13. The number of nitrogens with zero attached hydrogens (tertiary/aromatic N) is 1. The van der Waals surface area contributed by atoms with Crippen LogP contribution in [0.15, 0.2) is 0 Å². The normalized spacial score (nSPS) is 14.2. The molecule has 0 spiro atoms. The zero-order valence-electron chi connectivity index (χ0n) is 11.1. The molecule has 0 saturated carbocycles. The first-order valence-electron chi connectivity index (χ1n) is 6.19. The summed E-state index contributed by atoms with van der Waals surface area (Å²) in [5.74, 6) is 0. The standard InChI is InChI=1S/C11H25NO3S2/c1-4-5-6-7-8-9-10-11(12(2)3)16-17(13,14)15/h11H,4-10H2,1-3H3,(H,13,14,15). The summed E-state index contributed by atoms with van der Waals surface area (Å²) in [5, 5.41) is -0.156. The third kappa shape index (κ3) is 11.1. The highest BCUT2D eigenvalue weighted by Crippen LogP contribution is 2.24. The van der Waals surface area contributed by atoms with Crippen molar-refractivity contribution in [2.75, 3.05) is 14.1 Å². The second-order valence-corrected chi connectivity index (χ2v) is 7.93. The van der Waals surface area contributed by atoms with Crippen LogP contribution in [-0.4, -0.2) is 37.3 Å². The van der Waals surface area contributed by atoms with Crippen molar-refractivity contribution in [3.05, 3.63) is 0 Å². The van der Waals surface area contributed by atoms with Gasteiger partial charge in [0.15, 0.2) is 0 Å². The van der Waals surface area contributed by atoms with Crippen LogP contribution in [0.1, 0.15) is 51.9 Å². The maximum atomic E-state index is 10.8. The fraction of sp³-hybridized carbons (Fsp3) is 1.00.